The number of hydrogen-bond acceptors (Lipinski definition) is 4. The van der Waals surface area contributed by atoms with Crippen LogP contribution in [0.25, 0.3) is 11.1 Å². The van der Waals surface area contributed by atoms with Crippen molar-refractivity contribution in [3.8, 4) is 11.1 Å². The highest BCUT2D eigenvalue weighted by molar-refractivity contribution is 5.85. The number of aliphatic carboxylic acids is 1. The van der Waals surface area contributed by atoms with Gasteiger partial charge in [0.25, 0.3) is 0 Å². The number of alkyl carbamates (subject to hydrolysis) is 1. The molecule has 0 radical (unpaired) electrons. The SMILES string of the molecule is CC(C)C(CNC(=O)OCC1c2ccccc2-c2ccccc21)C(=O)NC(C(=O)O)C(C)C. The number of carbonyl (C=O) groups excluding carboxylic acids is 2. The summed E-state index contributed by atoms with van der Waals surface area (Å²) in [5.74, 6) is -2.45. The second-order valence-corrected chi connectivity index (χ2v) is 9.13. The number of fused-ring (bicyclic) bond motifs is 3. The normalized spacial score (nSPS) is 14.4. The zero-order valence-electron chi connectivity index (χ0n) is 19.5. The number of carboxylic acids is 1. The van der Waals surface area contributed by atoms with Crippen molar-refractivity contribution >= 4 is 18.0 Å². The summed E-state index contributed by atoms with van der Waals surface area (Å²) >= 11 is 0. The molecule has 2 aromatic carbocycles. The summed E-state index contributed by atoms with van der Waals surface area (Å²) in [6.45, 7) is 7.43. The number of rotatable bonds is 9. The summed E-state index contributed by atoms with van der Waals surface area (Å²) in [6.07, 6.45) is -0.603. The zero-order chi connectivity index (χ0) is 24.1. The fourth-order valence-electron chi connectivity index (χ4n) is 4.25. The molecule has 0 saturated heterocycles. The van der Waals surface area contributed by atoms with Crippen LogP contribution >= 0.6 is 0 Å². The minimum Gasteiger partial charge on any atom is -0.480 e. The van der Waals surface area contributed by atoms with Gasteiger partial charge in [-0.05, 0) is 34.1 Å². The van der Waals surface area contributed by atoms with E-state index in [1.165, 1.54) is 0 Å². The van der Waals surface area contributed by atoms with Crippen molar-refractivity contribution < 1.29 is 24.2 Å². The maximum atomic E-state index is 12.7. The van der Waals surface area contributed by atoms with E-state index in [1.807, 2.05) is 50.2 Å². The molecule has 1 aliphatic rings. The third kappa shape index (κ3) is 5.53. The Morgan fingerprint density at radius 1 is 0.909 bits per heavy atom. The summed E-state index contributed by atoms with van der Waals surface area (Å²) in [4.78, 5) is 36.6. The van der Waals surface area contributed by atoms with Crippen LogP contribution in [-0.4, -0.2) is 42.3 Å². The lowest BCUT2D eigenvalue weighted by molar-refractivity contribution is -0.144. The number of hydrogen-bond donors (Lipinski definition) is 3. The maximum Gasteiger partial charge on any atom is 0.407 e. The lowest BCUT2D eigenvalue weighted by atomic mass is 9.93. The van der Waals surface area contributed by atoms with Crippen molar-refractivity contribution in [1.82, 2.24) is 10.6 Å². The van der Waals surface area contributed by atoms with Gasteiger partial charge in [-0.15, -0.1) is 0 Å². The molecule has 33 heavy (non-hydrogen) atoms. The van der Waals surface area contributed by atoms with E-state index in [2.05, 4.69) is 22.8 Å². The highest BCUT2D eigenvalue weighted by Gasteiger charge is 2.31. The lowest BCUT2D eigenvalue weighted by Gasteiger charge is -2.25. The van der Waals surface area contributed by atoms with E-state index in [0.717, 1.165) is 22.3 Å². The number of ether oxygens (including phenoxy) is 1. The van der Waals surface area contributed by atoms with Crippen LogP contribution in [0.5, 0.6) is 0 Å². The molecule has 3 N–H and O–H groups in total. The van der Waals surface area contributed by atoms with Gasteiger partial charge in [-0.1, -0.05) is 76.2 Å². The number of amides is 2. The molecule has 2 aromatic rings. The van der Waals surface area contributed by atoms with Crippen LogP contribution in [0, 0.1) is 17.8 Å². The average molecular weight is 453 g/mol. The predicted molar refractivity (Wildman–Crippen MR) is 126 cm³/mol. The van der Waals surface area contributed by atoms with Crippen LogP contribution < -0.4 is 10.6 Å². The second kappa shape index (κ2) is 10.5. The molecule has 1 aliphatic carbocycles. The van der Waals surface area contributed by atoms with Gasteiger partial charge in [-0.3, -0.25) is 4.79 Å². The summed E-state index contributed by atoms with van der Waals surface area (Å²) in [5, 5.41) is 14.6. The van der Waals surface area contributed by atoms with E-state index >= 15 is 0 Å². The zero-order valence-corrected chi connectivity index (χ0v) is 19.5. The van der Waals surface area contributed by atoms with Crippen LogP contribution in [0.4, 0.5) is 4.79 Å². The fourth-order valence-corrected chi connectivity index (χ4v) is 4.25. The first-order chi connectivity index (χ1) is 15.7. The molecule has 176 valence electrons. The molecule has 0 saturated carbocycles. The van der Waals surface area contributed by atoms with Gasteiger partial charge < -0.3 is 20.5 Å². The van der Waals surface area contributed by atoms with E-state index < -0.39 is 29.9 Å². The summed E-state index contributed by atoms with van der Waals surface area (Å²) in [6, 6.07) is 15.2. The first-order valence-electron chi connectivity index (χ1n) is 11.3. The van der Waals surface area contributed by atoms with Gasteiger partial charge in [-0.25, -0.2) is 9.59 Å². The molecule has 0 bridgehead atoms. The Labute approximate surface area is 194 Å². The van der Waals surface area contributed by atoms with E-state index in [4.69, 9.17) is 4.74 Å². The predicted octanol–water partition coefficient (Wildman–Crippen LogP) is 4.02. The van der Waals surface area contributed by atoms with Crippen molar-refractivity contribution in [2.75, 3.05) is 13.2 Å². The molecule has 2 amide bonds. The van der Waals surface area contributed by atoms with E-state index in [9.17, 15) is 19.5 Å². The van der Waals surface area contributed by atoms with Gasteiger partial charge >= 0.3 is 12.1 Å². The van der Waals surface area contributed by atoms with Gasteiger partial charge in [0, 0.05) is 12.5 Å². The van der Waals surface area contributed by atoms with Gasteiger partial charge in [0.15, 0.2) is 0 Å². The highest BCUT2D eigenvalue weighted by atomic mass is 16.5. The van der Waals surface area contributed by atoms with Crippen molar-refractivity contribution in [3.63, 3.8) is 0 Å². The fraction of sp³-hybridized carbons (Fsp3) is 0.423. The molecule has 0 spiro atoms. The van der Waals surface area contributed by atoms with Crippen molar-refractivity contribution in [2.45, 2.75) is 39.7 Å². The monoisotopic (exact) mass is 452 g/mol. The number of benzene rings is 2. The molecule has 0 fully saturated rings. The molecule has 3 rings (SSSR count). The van der Waals surface area contributed by atoms with Crippen LogP contribution in [0.3, 0.4) is 0 Å². The second-order valence-electron chi connectivity index (χ2n) is 9.13. The topological polar surface area (TPSA) is 105 Å². The van der Waals surface area contributed by atoms with Gasteiger partial charge in [-0.2, -0.15) is 0 Å². The summed E-state index contributed by atoms with van der Waals surface area (Å²) in [7, 11) is 0. The third-order valence-electron chi connectivity index (χ3n) is 6.18. The Balaban J connectivity index is 1.59. The number of carboxylic acid groups (broad SMARTS) is 1. The molecular formula is C26H32N2O5. The molecule has 0 aliphatic heterocycles. The lowest BCUT2D eigenvalue weighted by Crippen LogP contribution is -2.49. The van der Waals surface area contributed by atoms with Crippen LogP contribution in [-0.2, 0) is 14.3 Å². The molecular weight excluding hydrogens is 420 g/mol. The first kappa shape index (κ1) is 24.3. The average Bonchev–Trinajstić information content (AvgIpc) is 3.09. The Kier molecular flexibility index (Phi) is 7.74. The van der Waals surface area contributed by atoms with Crippen molar-refractivity contribution in [3.05, 3.63) is 59.7 Å². The minimum absolute atomic E-state index is 0.0466. The van der Waals surface area contributed by atoms with E-state index in [0.29, 0.717) is 0 Å². The van der Waals surface area contributed by atoms with Crippen molar-refractivity contribution in [2.24, 2.45) is 17.8 Å². The Hall–Kier alpha value is -3.35. The number of carbonyl (C=O) groups is 3. The molecule has 2 unspecified atom stereocenters. The largest absolute Gasteiger partial charge is 0.480 e. The highest BCUT2D eigenvalue weighted by Crippen LogP contribution is 2.44. The van der Waals surface area contributed by atoms with E-state index in [1.54, 1.807) is 13.8 Å². The summed E-state index contributed by atoms with van der Waals surface area (Å²) in [5.41, 5.74) is 4.55. The quantitative estimate of drug-likeness (QED) is 0.533. The van der Waals surface area contributed by atoms with Crippen molar-refractivity contribution in [1.29, 1.82) is 0 Å². The van der Waals surface area contributed by atoms with E-state index in [-0.39, 0.29) is 30.9 Å². The van der Waals surface area contributed by atoms with Gasteiger partial charge in [0.2, 0.25) is 5.91 Å². The van der Waals surface area contributed by atoms with Crippen LogP contribution in [0.1, 0.15) is 44.7 Å². The Morgan fingerprint density at radius 2 is 1.45 bits per heavy atom. The third-order valence-corrected chi connectivity index (χ3v) is 6.18. The smallest absolute Gasteiger partial charge is 0.407 e. The standard InChI is InChI=1S/C26H32N2O5/c1-15(2)21(24(29)28-23(16(3)4)25(30)31)13-27-26(32)33-14-22-19-11-7-5-9-17(19)18-10-6-8-12-20(18)22/h5-12,15-16,21-23H,13-14H2,1-4H3,(H,27,32)(H,28,29)(H,30,31). The molecule has 0 heterocycles. The van der Waals surface area contributed by atoms with Crippen LogP contribution in [0.2, 0.25) is 0 Å². The minimum atomic E-state index is -1.08. The van der Waals surface area contributed by atoms with Gasteiger partial charge in [0.05, 0.1) is 5.92 Å². The Morgan fingerprint density at radius 3 is 1.94 bits per heavy atom. The summed E-state index contributed by atoms with van der Waals surface area (Å²) < 4.78 is 5.53. The van der Waals surface area contributed by atoms with Gasteiger partial charge in [0.1, 0.15) is 12.6 Å². The molecule has 0 aromatic heterocycles. The molecule has 7 heteroatoms. The number of nitrogens with one attached hydrogen (secondary N) is 2. The molecule has 7 nitrogen and oxygen atoms in total. The Bertz CT molecular complexity index is 972. The first-order valence-corrected chi connectivity index (χ1v) is 11.3. The van der Waals surface area contributed by atoms with Crippen LogP contribution in [0.15, 0.2) is 48.5 Å². The maximum absolute atomic E-state index is 12.7. The molecule has 2 atom stereocenters.